The van der Waals surface area contributed by atoms with E-state index in [1.165, 1.54) is 7.11 Å². The molecule has 0 N–H and O–H groups in total. The molecule has 2 aromatic rings. The summed E-state index contributed by atoms with van der Waals surface area (Å²) in [4.78, 5) is 15.5. The van der Waals surface area contributed by atoms with Crippen molar-refractivity contribution in [2.24, 2.45) is 0 Å². The minimum atomic E-state index is -0.453. The van der Waals surface area contributed by atoms with Crippen LogP contribution in [0.2, 0.25) is 0 Å². The van der Waals surface area contributed by atoms with Crippen molar-refractivity contribution in [1.29, 1.82) is 0 Å². The SMILES string of the molecule is COC(=O)c1ccc2nc(CBr)cn2n1. The lowest BCUT2D eigenvalue weighted by Crippen LogP contribution is -2.06. The summed E-state index contributed by atoms with van der Waals surface area (Å²) < 4.78 is 6.13. The second-order valence-electron chi connectivity index (χ2n) is 2.88. The van der Waals surface area contributed by atoms with Crippen LogP contribution in [-0.4, -0.2) is 27.7 Å². The van der Waals surface area contributed by atoms with E-state index in [4.69, 9.17) is 0 Å². The Morgan fingerprint density at radius 1 is 1.60 bits per heavy atom. The van der Waals surface area contributed by atoms with Gasteiger partial charge in [-0.2, -0.15) is 5.10 Å². The molecule has 0 radical (unpaired) electrons. The van der Waals surface area contributed by atoms with Gasteiger partial charge in [-0.3, -0.25) is 0 Å². The Labute approximate surface area is 94.2 Å². The first-order valence-corrected chi connectivity index (χ1v) is 5.36. The number of imidazole rings is 1. The van der Waals surface area contributed by atoms with E-state index < -0.39 is 5.97 Å². The van der Waals surface area contributed by atoms with E-state index in [9.17, 15) is 4.79 Å². The Kier molecular flexibility index (Phi) is 2.68. The summed E-state index contributed by atoms with van der Waals surface area (Å²) in [6, 6.07) is 3.32. The Hall–Kier alpha value is -1.43. The highest BCUT2D eigenvalue weighted by atomic mass is 79.9. The van der Waals surface area contributed by atoms with Gasteiger partial charge >= 0.3 is 5.97 Å². The molecule has 15 heavy (non-hydrogen) atoms. The summed E-state index contributed by atoms with van der Waals surface area (Å²) >= 11 is 3.30. The van der Waals surface area contributed by atoms with Gasteiger partial charge in [0, 0.05) is 5.33 Å². The van der Waals surface area contributed by atoms with Crippen LogP contribution in [0, 0.1) is 0 Å². The standard InChI is InChI=1S/C9H8BrN3O2/c1-15-9(14)7-2-3-8-11-6(4-10)5-13(8)12-7/h2-3,5H,4H2,1H3. The van der Waals surface area contributed by atoms with Crippen molar-refractivity contribution in [3.8, 4) is 0 Å². The van der Waals surface area contributed by atoms with Crippen LogP contribution >= 0.6 is 15.9 Å². The van der Waals surface area contributed by atoms with Gasteiger partial charge in [-0.15, -0.1) is 0 Å². The number of alkyl halides is 1. The van der Waals surface area contributed by atoms with Gasteiger partial charge in [0.2, 0.25) is 0 Å². The van der Waals surface area contributed by atoms with Crippen LogP contribution < -0.4 is 0 Å². The fourth-order valence-corrected chi connectivity index (χ4v) is 1.48. The number of fused-ring (bicyclic) bond motifs is 1. The molecule has 0 fully saturated rings. The number of carbonyl (C=O) groups excluding carboxylic acids is 1. The number of nitrogens with zero attached hydrogens (tertiary/aromatic N) is 3. The molecular weight excluding hydrogens is 262 g/mol. The maximum Gasteiger partial charge on any atom is 0.358 e. The molecule has 78 valence electrons. The number of carbonyl (C=O) groups is 1. The number of methoxy groups -OCH3 is 1. The number of esters is 1. The van der Waals surface area contributed by atoms with Crippen molar-refractivity contribution < 1.29 is 9.53 Å². The first-order chi connectivity index (χ1) is 7.24. The minimum Gasteiger partial charge on any atom is -0.464 e. The summed E-state index contributed by atoms with van der Waals surface area (Å²) in [6.07, 6.45) is 1.76. The molecule has 2 rings (SSSR count). The minimum absolute atomic E-state index is 0.267. The lowest BCUT2D eigenvalue weighted by molar-refractivity contribution is 0.0592. The highest BCUT2D eigenvalue weighted by molar-refractivity contribution is 9.08. The third-order valence-electron chi connectivity index (χ3n) is 1.90. The molecule has 2 heterocycles. The second-order valence-corrected chi connectivity index (χ2v) is 3.44. The van der Waals surface area contributed by atoms with Gasteiger partial charge in [0.15, 0.2) is 11.3 Å². The molecule has 0 aliphatic carbocycles. The molecule has 0 bridgehead atoms. The lowest BCUT2D eigenvalue weighted by atomic mass is 10.4. The fourth-order valence-electron chi connectivity index (χ4n) is 1.21. The molecule has 0 unspecified atom stereocenters. The normalized spacial score (nSPS) is 10.5. The van der Waals surface area contributed by atoms with Crippen LogP contribution in [0.1, 0.15) is 16.2 Å². The van der Waals surface area contributed by atoms with E-state index in [0.717, 1.165) is 5.69 Å². The fraction of sp³-hybridized carbons (Fsp3) is 0.222. The van der Waals surface area contributed by atoms with Crippen LogP contribution in [0.15, 0.2) is 18.3 Å². The largest absolute Gasteiger partial charge is 0.464 e. The topological polar surface area (TPSA) is 56.5 Å². The zero-order chi connectivity index (χ0) is 10.8. The first kappa shape index (κ1) is 10.1. The predicted molar refractivity (Wildman–Crippen MR) is 57.0 cm³/mol. The van der Waals surface area contributed by atoms with E-state index in [1.807, 2.05) is 0 Å². The summed E-state index contributed by atoms with van der Waals surface area (Å²) in [7, 11) is 1.33. The summed E-state index contributed by atoms with van der Waals surface area (Å²) in [5.74, 6) is -0.453. The van der Waals surface area contributed by atoms with Gasteiger partial charge in [0.05, 0.1) is 19.0 Å². The van der Waals surface area contributed by atoms with Crippen molar-refractivity contribution in [1.82, 2.24) is 14.6 Å². The number of halogens is 1. The molecule has 2 aromatic heterocycles. The van der Waals surface area contributed by atoms with Gasteiger partial charge < -0.3 is 4.74 Å². The van der Waals surface area contributed by atoms with E-state index in [2.05, 4.69) is 30.7 Å². The third-order valence-corrected chi connectivity index (χ3v) is 2.48. The van der Waals surface area contributed by atoms with Crippen molar-refractivity contribution in [2.75, 3.05) is 7.11 Å². The Bertz CT molecular complexity index is 509. The zero-order valence-corrected chi connectivity index (χ0v) is 9.56. The van der Waals surface area contributed by atoms with Crippen molar-refractivity contribution in [3.05, 3.63) is 29.7 Å². The summed E-state index contributed by atoms with van der Waals surface area (Å²) in [5.41, 5.74) is 1.84. The number of hydrogen-bond donors (Lipinski definition) is 0. The smallest absolute Gasteiger partial charge is 0.358 e. The Morgan fingerprint density at radius 2 is 2.40 bits per heavy atom. The highest BCUT2D eigenvalue weighted by Gasteiger charge is 2.09. The van der Waals surface area contributed by atoms with E-state index in [1.54, 1.807) is 22.8 Å². The average molecular weight is 270 g/mol. The maximum absolute atomic E-state index is 11.2. The quantitative estimate of drug-likeness (QED) is 0.611. The molecule has 0 amide bonds. The molecule has 6 heteroatoms. The monoisotopic (exact) mass is 269 g/mol. The van der Waals surface area contributed by atoms with Gasteiger partial charge in [0.25, 0.3) is 0 Å². The molecule has 0 spiro atoms. The number of aromatic nitrogens is 3. The molecular formula is C9H8BrN3O2. The zero-order valence-electron chi connectivity index (χ0n) is 7.98. The van der Waals surface area contributed by atoms with Crippen LogP contribution in [0.25, 0.3) is 5.65 Å². The molecule has 0 saturated heterocycles. The van der Waals surface area contributed by atoms with Gasteiger partial charge in [-0.25, -0.2) is 14.3 Å². The summed E-state index contributed by atoms with van der Waals surface area (Å²) in [6.45, 7) is 0. The number of hydrogen-bond acceptors (Lipinski definition) is 4. The second kappa shape index (κ2) is 3.98. The lowest BCUT2D eigenvalue weighted by Gasteiger charge is -1.97. The number of rotatable bonds is 2. The summed E-state index contributed by atoms with van der Waals surface area (Å²) in [5, 5.41) is 4.73. The van der Waals surface area contributed by atoms with Crippen molar-refractivity contribution in [2.45, 2.75) is 5.33 Å². The Balaban J connectivity index is 2.50. The van der Waals surface area contributed by atoms with Crippen LogP contribution in [0.5, 0.6) is 0 Å². The molecule has 0 aliphatic heterocycles. The van der Waals surface area contributed by atoms with Gasteiger partial charge in [0.1, 0.15) is 0 Å². The maximum atomic E-state index is 11.2. The van der Waals surface area contributed by atoms with Crippen LogP contribution in [-0.2, 0) is 10.1 Å². The third kappa shape index (κ3) is 1.85. The molecule has 0 aromatic carbocycles. The molecule has 0 atom stereocenters. The first-order valence-electron chi connectivity index (χ1n) is 4.24. The van der Waals surface area contributed by atoms with Gasteiger partial charge in [-0.1, -0.05) is 15.9 Å². The van der Waals surface area contributed by atoms with Crippen molar-refractivity contribution >= 4 is 27.5 Å². The van der Waals surface area contributed by atoms with E-state index in [0.29, 0.717) is 11.0 Å². The van der Waals surface area contributed by atoms with E-state index >= 15 is 0 Å². The number of ether oxygens (including phenoxy) is 1. The van der Waals surface area contributed by atoms with Crippen LogP contribution in [0.4, 0.5) is 0 Å². The Morgan fingerprint density at radius 3 is 3.07 bits per heavy atom. The molecule has 0 saturated carbocycles. The van der Waals surface area contributed by atoms with Gasteiger partial charge in [-0.05, 0) is 12.1 Å². The molecule has 0 aliphatic rings. The average Bonchev–Trinajstić information content (AvgIpc) is 2.69. The van der Waals surface area contributed by atoms with E-state index in [-0.39, 0.29) is 5.69 Å². The molecule has 5 nitrogen and oxygen atoms in total. The van der Waals surface area contributed by atoms with Crippen molar-refractivity contribution in [3.63, 3.8) is 0 Å². The predicted octanol–water partition coefficient (Wildman–Crippen LogP) is 1.41. The van der Waals surface area contributed by atoms with Crippen LogP contribution in [0.3, 0.4) is 0 Å². The highest BCUT2D eigenvalue weighted by Crippen LogP contribution is 2.08.